The molecular weight excluding hydrogens is 344 g/mol. The van der Waals surface area contributed by atoms with Crippen LogP contribution in [-0.4, -0.2) is 44.9 Å². The first-order valence-electron chi connectivity index (χ1n) is 7.04. The van der Waals surface area contributed by atoms with Crippen LogP contribution in [0.3, 0.4) is 0 Å². The second kappa shape index (κ2) is 6.80. The lowest BCUT2D eigenvalue weighted by Crippen LogP contribution is -2.53. The predicted octanol–water partition coefficient (Wildman–Crippen LogP) is 1.54. The quantitative estimate of drug-likeness (QED) is 0.814. The van der Waals surface area contributed by atoms with Gasteiger partial charge in [-0.05, 0) is 18.8 Å². The van der Waals surface area contributed by atoms with Crippen molar-refractivity contribution in [2.75, 3.05) is 20.2 Å². The lowest BCUT2D eigenvalue weighted by molar-refractivity contribution is 0.0598. The van der Waals surface area contributed by atoms with Crippen molar-refractivity contribution in [3.05, 3.63) is 17.4 Å². The third-order valence-corrected chi connectivity index (χ3v) is 5.87. The smallest absolute Gasteiger partial charge is 0.341 e. The van der Waals surface area contributed by atoms with Gasteiger partial charge in [0.1, 0.15) is 11.3 Å². The van der Waals surface area contributed by atoms with Gasteiger partial charge in [0, 0.05) is 25.2 Å². The first-order chi connectivity index (χ1) is 10.1. The van der Waals surface area contributed by atoms with Gasteiger partial charge in [-0.2, -0.15) is 4.31 Å². The van der Waals surface area contributed by atoms with Gasteiger partial charge in [0.2, 0.25) is 5.09 Å². The van der Waals surface area contributed by atoms with E-state index in [-0.39, 0.29) is 40.3 Å². The molecule has 0 spiro atoms. The topological polar surface area (TPSA) is 103 Å². The number of sulfonamides is 1. The highest BCUT2D eigenvalue weighted by atomic mass is 35.5. The van der Waals surface area contributed by atoms with Crippen molar-refractivity contribution in [2.24, 2.45) is 11.1 Å². The molecule has 1 aliphatic rings. The summed E-state index contributed by atoms with van der Waals surface area (Å²) in [5, 5.41) is -0.239. The Hall–Kier alpha value is -1.09. The number of rotatable bonds is 3. The van der Waals surface area contributed by atoms with Crippen LogP contribution >= 0.6 is 12.4 Å². The maximum absolute atomic E-state index is 12.7. The molecule has 2 N–H and O–H groups in total. The van der Waals surface area contributed by atoms with E-state index in [1.54, 1.807) is 0 Å². The molecule has 0 aromatic carbocycles. The van der Waals surface area contributed by atoms with Crippen molar-refractivity contribution in [1.29, 1.82) is 0 Å². The Balaban J connectivity index is 0.00000264. The summed E-state index contributed by atoms with van der Waals surface area (Å²) < 4.78 is 36.7. The Morgan fingerprint density at radius 3 is 2.61 bits per heavy atom. The maximum Gasteiger partial charge on any atom is 0.341 e. The molecule has 1 atom stereocenters. The normalized spacial score (nSPS) is 21.5. The molecule has 0 aliphatic carbocycles. The van der Waals surface area contributed by atoms with E-state index < -0.39 is 16.0 Å². The molecule has 0 amide bonds. The SMILES string of the molecule is COC(=O)c1cc(S(=O)(=O)N2CCC(N)C(C)(C)C2)oc1C.Cl. The highest BCUT2D eigenvalue weighted by Gasteiger charge is 2.40. The summed E-state index contributed by atoms with van der Waals surface area (Å²) in [5.41, 5.74) is 5.83. The zero-order valence-electron chi connectivity index (χ0n) is 13.7. The lowest BCUT2D eigenvalue weighted by atomic mass is 9.81. The van der Waals surface area contributed by atoms with Crippen LogP contribution in [0.15, 0.2) is 15.6 Å². The number of piperidine rings is 1. The fraction of sp³-hybridized carbons (Fsp3) is 0.643. The monoisotopic (exact) mass is 366 g/mol. The van der Waals surface area contributed by atoms with Crippen LogP contribution in [0.1, 0.15) is 36.4 Å². The molecule has 0 bridgehead atoms. The van der Waals surface area contributed by atoms with Gasteiger partial charge < -0.3 is 14.9 Å². The minimum absolute atomic E-state index is 0. The number of ether oxygens (including phenoxy) is 1. The first-order valence-corrected chi connectivity index (χ1v) is 8.48. The minimum atomic E-state index is -3.80. The van der Waals surface area contributed by atoms with Gasteiger partial charge in [0.25, 0.3) is 10.0 Å². The van der Waals surface area contributed by atoms with Crippen molar-refractivity contribution in [3.8, 4) is 0 Å². The third-order valence-electron chi connectivity index (χ3n) is 4.17. The highest BCUT2D eigenvalue weighted by molar-refractivity contribution is 7.89. The molecule has 1 fully saturated rings. The van der Waals surface area contributed by atoms with Gasteiger partial charge >= 0.3 is 5.97 Å². The fourth-order valence-electron chi connectivity index (χ4n) is 2.55. The second-order valence-electron chi connectivity index (χ2n) is 6.25. The number of carbonyl (C=O) groups is 1. The number of nitrogens with two attached hydrogens (primary N) is 1. The van der Waals surface area contributed by atoms with Crippen molar-refractivity contribution < 1.29 is 22.4 Å². The average Bonchev–Trinajstić information content (AvgIpc) is 2.83. The van der Waals surface area contributed by atoms with Gasteiger partial charge in [0.05, 0.1) is 7.11 Å². The van der Waals surface area contributed by atoms with Crippen molar-refractivity contribution in [3.63, 3.8) is 0 Å². The van der Waals surface area contributed by atoms with E-state index in [4.69, 9.17) is 10.2 Å². The summed E-state index contributed by atoms with van der Waals surface area (Å²) in [6, 6.07) is 1.17. The Morgan fingerprint density at radius 1 is 1.48 bits per heavy atom. The maximum atomic E-state index is 12.7. The summed E-state index contributed by atoms with van der Waals surface area (Å²) in [6.07, 6.45) is 0.579. The van der Waals surface area contributed by atoms with Crippen LogP contribution in [0.25, 0.3) is 0 Å². The summed E-state index contributed by atoms with van der Waals surface area (Å²) in [7, 11) is -2.56. The molecular formula is C14H23ClN2O5S. The zero-order valence-corrected chi connectivity index (χ0v) is 15.3. The van der Waals surface area contributed by atoms with Crippen molar-refractivity contribution in [2.45, 2.75) is 38.3 Å². The van der Waals surface area contributed by atoms with E-state index in [0.29, 0.717) is 19.5 Å². The van der Waals surface area contributed by atoms with E-state index in [9.17, 15) is 13.2 Å². The van der Waals surface area contributed by atoms with Crippen LogP contribution in [0.4, 0.5) is 0 Å². The van der Waals surface area contributed by atoms with Crippen LogP contribution in [0.5, 0.6) is 0 Å². The van der Waals surface area contributed by atoms with Crippen LogP contribution in [0, 0.1) is 12.3 Å². The molecule has 9 heteroatoms. The van der Waals surface area contributed by atoms with Crippen LogP contribution in [-0.2, 0) is 14.8 Å². The number of hydrogen-bond acceptors (Lipinski definition) is 6. The molecule has 1 saturated heterocycles. The van der Waals surface area contributed by atoms with E-state index >= 15 is 0 Å². The van der Waals surface area contributed by atoms with Gasteiger partial charge in [-0.3, -0.25) is 0 Å². The summed E-state index contributed by atoms with van der Waals surface area (Å²) >= 11 is 0. The number of hydrogen-bond donors (Lipinski definition) is 1. The van der Waals surface area contributed by atoms with Crippen LogP contribution in [0.2, 0.25) is 0 Å². The Bertz CT molecular complexity index is 683. The Morgan fingerprint density at radius 2 is 2.09 bits per heavy atom. The van der Waals surface area contributed by atoms with Gasteiger partial charge in [-0.25, -0.2) is 13.2 Å². The summed E-state index contributed by atoms with van der Waals surface area (Å²) in [4.78, 5) is 11.6. The number of halogens is 1. The highest BCUT2D eigenvalue weighted by Crippen LogP contribution is 2.32. The molecule has 1 aliphatic heterocycles. The average molecular weight is 367 g/mol. The van der Waals surface area contributed by atoms with Gasteiger partial charge in [-0.15, -0.1) is 12.4 Å². The zero-order chi connectivity index (χ0) is 16.7. The lowest BCUT2D eigenvalue weighted by Gasteiger charge is -2.41. The summed E-state index contributed by atoms with van der Waals surface area (Å²) in [5.74, 6) is -0.401. The number of furan rings is 1. The third kappa shape index (κ3) is 3.71. The van der Waals surface area contributed by atoms with Crippen LogP contribution < -0.4 is 5.73 Å². The molecule has 132 valence electrons. The Labute approximate surface area is 142 Å². The molecule has 0 radical (unpaired) electrons. The number of nitrogens with zero attached hydrogens (tertiary/aromatic N) is 1. The van der Waals surface area contributed by atoms with Gasteiger partial charge in [-0.1, -0.05) is 13.8 Å². The number of esters is 1. The van der Waals surface area contributed by atoms with Crippen molar-refractivity contribution in [1.82, 2.24) is 4.31 Å². The Kier molecular flexibility index (Phi) is 5.90. The van der Waals surface area contributed by atoms with E-state index in [1.165, 1.54) is 24.4 Å². The minimum Gasteiger partial charge on any atom is -0.465 e. The van der Waals surface area contributed by atoms with Crippen molar-refractivity contribution >= 4 is 28.4 Å². The molecule has 1 aromatic heterocycles. The van der Waals surface area contributed by atoms with Gasteiger partial charge in [0.15, 0.2) is 0 Å². The molecule has 1 unspecified atom stereocenters. The summed E-state index contributed by atoms with van der Waals surface area (Å²) in [6.45, 7) is 6.05. The van der Waals surface area contributed by atoms with E-state index in [2.05, 4.69) is 4.74 Å². The number of methoxy groups -OCH3 is 1. The van der Waals surface area contributed by atoms with E-state index in [1.807, 2.05) is 13.8 Å². The van der Waals surface area contributed by atoms with E-state index in [0.717, 1.165) is 0 Å². The number of carbonyl (C=O) groups excluding carboxylic acids is 1. The molecule has 1 aromatic rings. The second-order valence-corrected chi connectivity index (χ2v) is 8.12. The molecule has 0 saturated carbocycles. The molecule has 7 nitrogen and oxygen atoms in total. The molecule has 2 rings (SSSR count). The molecule has 2 heterocycles. The standard InChI is InChI=1S/C14H22N2O5S.ClH/c1-9-10(13(17)20-4)7-12(21-9)22(18,19)16-6-5-11(15)14(2,3)8-16;/h7,11H,5-6,8,15H2,1-4H3;1H. The fourth-order valence-corrected chi connectivity index (χ4v) is 4.15. The first kappa shape index (κ1) is 20.0. The molecule has 23 heavy (non-hydrogen) atoms. The predicted molar refractivity (Wildman–Crippen MR) is 87.2 cm³/mol. The number of aryl methyl sites for hydroxylation is 1. The largest absolute Gasteiger partial charge is 0.465 e.